The first-order valence-corrected chi connectivity index (χ1v) is 10.8. The number of hydrogen-bond acceptors (Lipinski definition) is 5. The van der Waals surface area contributed by atoms with E-state index >= 15 is 0 Å². The van der Waals surface area contributed by atoms with Gasteiger partial charge in [0.1, 0.15) is 12.2 Å². The van der Waals surface area contributed by atoms with E-state index in [-0.39, 0.29) is 6.10 Å². The molecule has 0 N–H and O–H groups in total. The van der Waals surface area contributed by atoms with Crippen LogP contribution in [0, 0.1) is 11.3 Å². The van der Waals surface area contributed by atoms with Crippen molar-refractivity contribution in [3.8, 4) is 17.6 Å². The van der Waals surface area contributed by atoms with Gasteiger partial charge in [-0.15, -0.1) is 6.58 Å². The van der Waals surface area contributed by atoms with Crippen LogP contribution in [-0.2, 0) is 0 Å². The molecule has 0 aromatic carbocycles. The van der Waals surface area contributed by atoms with E-state index in [0.29, 0.717) is 38.4 Å². The highest BCUT2D eigenvalue weighted by atomic mass is 35.5. The minimum atomic E-state index is -0.0427. The van der Waals surface area contributed by atoms with Crippen LogP contribution < -0.4 is 9.47 Å². The topological polar surface area (TPSA) is 68.0 Å². The lowest BCUT2D eigenvalue weighted by atomic mass is 10.1. The van der Waals surface area contributed by atoms with Crippen LogP contribution in [-0.4, -0.2) is 23.2 Å². The SMILES string of the molecule is C=CCC1=C(/C=C\C)CC(Oc2cc(/C(C#N)=C/c3c(Cl)cncc3Cl)ncc2OC)C1. The zero-order valence-electron chi connectivity index (χ0n) is 17.9. The molecule has 2 heterocycles. The normalized spacial score (nSPS) is 16.3. The fourth-order valence-electron chi connectivity index (χ4n) is 3.59. The Morgan fingerprint density at radius 1 is 1.25 bits per heavy atom. The number of allylic oxidation sites excluding steroid dienone is 4. The summed E-state index contributed by atoms with van der Waals surface area (Å²) in [6.45, 7) is 5.86. The van der Waals surface area contributed by atoms with Crippen LogP contribution in [0.1, 0.15) is 37.4 Å². The zero-order chi connectivity index (χ0) is 23.1. The molecule has 0 saturated carbocycles. The maximum Gasteiger partial charge on any atom is 0.179 e. The molecule has 32 heavy (non-hydrogen) atoms. The molecule has 3 rings (SSSR count). The first-order chi connectivity index (χ1) is 15.5. The molecule has 2 aromatic rings. The number of pyridine rings is 2. The van der Waals surface area contributed by atoms with Gasteiger partial charge in [0.25, 0.3) is 0 Å². The van der Waals surface area contributed by atoms with Gasteiger partial charge in [-0.2, -0.15) is 5.26 Å². The highest BCUT2D eigenvalue weighted by molar-refractivity contribution is 6.37. The highest BCUT2D eigenvalue weighted by Gasteiger charge is 2.25. The lowest BCUT2D eigenvalue weighted by Gasteiger charge is -2.17. The molecule has 1 unspecified atom stereocenters. The summed E-state index contributed by atoms with van der Waals surface area (Å²) in [5.74, 6) is 1.02. The number of aromatic nitrogens is 2. The van der Waals surface area contributed by atoms with Crippen molar-refractivity contribution in [3.63, 3.8) is 0 Å². The maximum atomic E-state index is 9.76. The average Bonchev–Trinajstić information content (AvgIpc) is 3.15. The Balaban J connectivity index is 1.92. The van der Waals surface area contributed by atoms with Crippen molar-refractivity contribution in [1.82, 2.24) is 9.97 Å². The van der Waals surface area contributed by atoms with Gasteiger partial charge in [-0.25, -0.2) is 0 Å². The number of nitrogens with zero attached hydrogens (tertiary/aromatic N) is 3. The molecule has 0 saturated heterocycles. The minimum absolute atomic E-state index is 0.0427. The zero-order valence-corrected chi connectivity index (χ0v) is 19.5. The standard InChI is InChI=1S/C25H23Cl2N3O2/c1-4-6-16-8-19(9-17(16)7-5-2)32-24-11-23(30-15-25(24)31-3)18(12-28)10-20-21(26)13-29-14-22(20)27/h4-5,7,10-11,13-15,19H,1,6,8-9H2,2-3H3/b7-5-,18-10+. The van der Waals surface area contributed by atoms with Crippen molar-refractivity contribution < 1.29 is 9.47 Å². The van der Waals surface area contributed by atoms with Crippen molar-refractivity contribution in [2.45, 2.75) is 32.3 Å². The monoisotopic (exact) mass is 467 g/mol. The van der Waals surface area contributed by atoms with Gasteiger partial charge in [0, 0.05) is 36.9 Å². The van der Waals surface area contributed by atoms with Crippen molar-refractivity contribution in [2.75, 3.05) is 7.11 Å². The molecular weight excluding hydrogens is 445 g/mol. The summed E-state index contributed by atoms with van der Waals surface area (Å²) < 4.78 is 11.8. The van der Waals surface area contributed by atoms with E-state index in [0.717, 1.165) is 19.3 Å². The lowest BCUT2D eigenvalue weighted by molar-refractivity contribution is 0.203. The van der Waals surface area contributed by atoms with E-state index in [1.807, 2.05) is 19.1 Å². The quantitative estimate of drug-likeness (QED) is 0.313. The second-order valence-corrected chi connectivity index (χ2v) is 7.99. The summed E-state index contributed by atoms with van der Waals surface area (Å²) in [7, 11) is 1.56. The third-order valence-electron chi connectivity index (χ3n) is 5.05. The number of methoxy groups -OCH3 is 1. The van der Waals surface area contributed by atoms with Gasteiger partial charge >= 0.3 is 0 Å². The second kappa shape index (κ2) is 11.0. The molecule has 7 heteroatoms. The Kier molecular flexibility index (Phi) is 8.10. The van der Waals surface area contributed by atoms with Crippen molar-refractivity contribution in [2.24, 2.45) is 0 Å². The van der Waals surface area contributed by atoms with E-state index in [9.17, 15) is 5.26 Å². The Morgan fingerprint density at radius 3 is 2.62 bits per heavy atom. The van der Waals surface area contributed by atoms with E-state index < -0.39 is 0 Å². The number of ether oxygens (including phenoxy) is 2. The largest absolute Gasteiger partial charge is 0.491 e. The van der Waals surface area contributed by atoms with Gasteiger partial charge in [0.05, 0.1) is 34.6 Å². The predicted molar refractivity (Wildman–Crippen MR) is 129 cm³/mol. The molecule has 0 spiro atoms. The van der Waals surface area contributed by atoms with Crippen molar-refractivity contribution in [1.29, 1.82) is 5.26 Å². The fourth-order valence-corrected chi connectivity index (χ4v) is 4.06. The number of rotatable bonds is 8. The number of halogens is 2. The van der Waals surface area contributed by atoms with Gasteiger partial charge in [-0.3, -0.25) is 9.97 Å². The summed E-state index contributed by atoms with van der Waals surface area (Å²) in [5, 5.41) is 10.4. The van der Waals surface area contributed by atoms with Crippen LogP contribution >= 0.6 is 23.2 Å². The Bertz CT molecular complexity index is 1130. The molecule has 5 nitrogen and oxygen atoms in total. The molecule has 164 valence electrons. The van der Waals surface area contributed by atoms with Crippen LogP contribution in [0.5, 0.6) is 11.5 Å². The Morgan fingerprint density at radius 2 is 2.00 bits per heavy atom. The third kappa shape index (κ3) is 5.40. The van der Waals surface area contributed by atoms with E-state index in [4.69, 9.17) is 32.7 Å². The van der Waals surface area contributed by atoms with Crippen LogP contribution in [0.15, 0.2) is 60.6 Å². The second-order valence-electron chi connectivity index (χ2n) is 7.18. The molecule has 1 aliphatic rings. The summed E-state index contributed by atoms with van der Waals surface area (Å²) in [5.41, 5.74) is 3.81. The average molecular weight is 468 g/mol. The van der Waals surface area contributed by atoms with Gasteiger partial charge in [0.15, 0.2) is 11.5 Å². The fraction of sp³-hybridized carbons (Fsp3) is 0.240. The molecule has 0 bridgehead atoms. The summed E-state index contributed by atoms with van der Waals surface area (Å²) in [4.78, 5) is 8.31. The molecule has 1 aliphatic carbocycles. The predicted octanol–water partition coefficient (Wildman–Crippen LogP) is 6.85. The number of nitriles is 1. The Hall–Kier alpha value is -3.07. The van der Waals surface area contributed by atoms with Gasteiger partial charge in [0.2, 0.25) is 0 Å². The molecule has 0 fully saturated rings. The van der Waals surface area contributed by atoms with Crippen LogP contribution in [0.25, 0.3) is 11.6 Å². The summed E-state index contributed by atoms with van der Waals surface area (Å²) in [6.07, 6.45) is 14.5. The summed E-state index contributed by atoms with van der Waals surface area (Å²) >= 11 is 12.4. The molecule has 0 aliphatic heterocycles. The van der Waals surface area contributed by atoms with Crippen LogP contribution in [0.2, 0.25) is 10.0 Å². The minimum Gasteiger partial charge on any atom is -0.491 e. The highest BCUT2D eigenvalue weighted by Crippen LogP contribution is 2.37. The third-order valence-corrected chi connectivity index (χ3v) is 5.66. The van der Waals surface area contributed by atoms with Gasteiger partial charge < -0.3 is 9.47 Å². The molecule has 0 radical (unpaired) electrons. The van der Waals surface area contributed by atoms with E-state index in [2.05, 4.69) is 28.7 Å². The first kappa shape index (κ1) is 23.6. The van der Waals surface area contributed by atoms with Crippen molar-refractivity contribution >= 4 is 34.9 Å². The van der Waals surface area contributed by atoms with Crippen LogP contribution in [0.4, 0.5) is 0 Å². The van der Waals surface area contributed by atoms with E-state index in [1.165, 1.54) is 23.5 Å². The van der Waals surface area contributed by atoms with Gasteiger partial charge in [-0.05, 0) is 25.0 Å². The molecule has 1 atom stereocenters. The maximum absolute atomic E-state index is 9.76. The molecule has 0 amide bonds. The number of hydrogen-bond donors (Lipinski definition) is 0. The smallest absolute Gasteiger partial charge is 0.179 e. The Labute approximate surface area is 198 Å². The van der Waals surface area contributed by atoms with E-state index in [1.54, 1.807) is 25.4 Å². The first-order valence-electron chi connectivity index (χ1n) is 10.1. The van der Waals surface area contributed by atoms with Gasteiger partial charge in [-0.1, -0.05) is 47.0 Å². The summed E-state index contributed by atoms with van der Waals surface area (Å²) in [6, 6.07) is 3.87. The van der Waals surface area contributed by atoms with Crippen molar-refractivity contribution in [3.05, 3.63) is 81.9 Å². The van der Waals surface area contributed by atoms with Crippen LogP contribution in [0.3, 0.4) is 0 Å². The molecule has 2 aromatic heterocycles. The lowest BCUT2D eigenvalue weighted by Crippen LogP contribution is -2.13. The molecular formula is C25H23Cl2N3O2.